The van der Waals surface area contributed by atoms with Crippen LogP contribution in [0.15, 0.2) is 34.5 Å². The van der Waals surface area contributed by atoms with Crippen LogP contribution in [0.4, 0.5) is 5.69 Å². The van der Waals surface area contributed by atoms with Gasteiger partial charge in [-0.15, -0.1) is 11.3 Å². The van der Waals surface area contributed by atoms with Gasteiger partial charge in [0.2, 0.25) is 10.0 Å². The van der Waals surface area contributed by atoms with Gasteiger partial charge in [0.1, 0.15) is 0 Å². The van der Waals surface area contributed by atoms with E-state index >= 15 is 0 Å². The first kappa shape index (κ1) is 18.3. The highest BCUT2D eigenvalue weighted by Gasteiger charge is 2.26. The van der Waals surface area contributed by atoms with E-state index < -0.39 is 20.6 Å². The molecule has 2 aromatic rings. The summed E-state index contributed by atoms with van der Waals surface area (Å²) in [4.78, 5) is 13.5. The standard InChI is InChI=1S/C15H16ClN3O4S2/c16-12-1-2-15(13(9-12)19(20)21)25(22,23)17-5-7-18-6-3-14-11(10-18)4-8-24-14/h1-2,4,8-9,17H,3,5-7,10H2. The highest BCUT2D eigenvalue weighted by molar-refractivity contribution is 7.89. The van der Waals surface area contributed by atoms with E-state index in [0.717, 1.165) is 31.6 Å². The summed E-state index contributed by atoms with van der Waals surface area (Å²) in [5.74, 6) is 0. The monoisotopic (exact) mass is 401 g/mol. The van der Waals surface area contributed by atoms with Crippen molar-refractivity contribution < 1.29 is 13.3 Å². The molecule has 25 heavy (non-hydrogen) atoms. The molecule has 0 saturated carbocycles. The van der Waals surface area contributed by atoms with E-state index in [1.165, 1.54) is 16.5 Å². The van der Waals surface area contributed by atoms with Gasteiger partial charge >= 0.3 is 0 Å². The Morgan fingerprint density at radius 2 is 2.16 bits per heavy atom. The van der Waals surface area contributed by atoms with Gasteiger partial charge in [-0.1, -0.05) is 11.6 Å². The topological polar surface area (TPSA) is 92.5 Å². The average Bonchev–Trinajstić information content (AvgIpc) is 3.02. The molecule has 0 unspecified atom stereocenters. The maximum absolute atomic E-state index is 12.4. The normalized spacial score (nSPS) is 15.1. The van der Waals surface area contributed by atoms with Gasteiger partial charge in [0, 0.05) is 42.1 Å². The third-order valence-electron chi connectivity index (χ3n) is 4.01. The quantitative estimate of drug-likeness (QED) is 0.593. The van der Waals surface area contributed by atoms with Crippen LogP contribution in [0.5, 0.6) is 0 Å². The molecule has 0 saturated heterocycles. The van der Waals surface area contributed by atoms with Crippen LogP contribution in [0, 0.1) is 10.1 Å². The number of rotatable bonds is 6. The van der Waals surface area contributed by atoms with E-state index in [9.17, 15) is 18.5 Å². The van der Waals surface area contributed by atoms with Gasteiger partial charge in [-0.25, -0.2) is 13.1 Å². The molecule has 0 aliphatic carbocycles. The van der Waals surface area contributed by atoms with Gasteiger partial charge in [-0.3, -0.25) is 15.0 Å². The van der Waals surface area contributed by atoms with Crippen LogP contribution in [-0.4, -0.2) is 37.9 Å². The lowest BCUT2D eigenvalue weighted by Crippen LogP contribution is -2.37. The first-order chi connectivity index (χ1) is 11.9. The zero-order valence-electron chi connectivity index (χ0n) is 13.1. The Hall–Kier alpha value is -1.52. The minimum Gasteiger partial charge on any atom is -0.297 e. The largest absolute Gasteiger partial charge is 0.297 e. The number of thiophene rings is 1. The van der Waals surface area contributed by atoms with Crippen LogP contribution in [0.25, 0.3) is 0 Å². The predicted octanol–water partition coefficient (Wildman–Crippen LogP) is 2.65. The summed E-state index contributed by atoms with van der Waals surface area (Å²) in [6.45, 7) is 2.38. The second kappa shape index (κ2) is 7.38. The van der Waals surface area contributed by atoms with Crippen molar-refractivity contribution in [2.45, 2.75) is 17.9 Å². The molecule has 0 fully saturated rings. The van der Waals surface area contributed by atoms with Crippen molar-refractivity contribution in [3.8, 4) is 0 Å². The van der Waals surface area contributed by atoms with Crippen LogP contribution < -0.4 is 4.72 Å². The molecule has 3 rings (SSSR count). The molecule has 1 aromatic heterocycles. The minimum atomic E-state index is -3.98. The third kappa shape index (κ3) is 4.18. The molecule has 7 nitrogen and oxygen atoms in total. The number of nitro groups is 1. The molecule has 1 aliphatic heterocycles. The first-order valence-electron chi connectivity index (χ1n) is 7.58. The number of hydrogen-bond acceptors (Lipinski definition) is 6. The van der Waals surface area contributed by atoms with Crippen LogP contribution in [0.3, 0.4) is 0 Å². The fourth-order valence-electron chi connectivity index (χ4n) is 2.77. The predicted molar refractivity (Wildman–Crippen MR) is 96.6 cm³/mol. The van der Waals surface area contributed by atoms with E-state index in [1.54, 1.807) is 11.3 Å². The Balaban J connectivity index is 1.64. The van der Waals surface area contributed by atoms with Crippen molar-refractivity contribution in [1.82, 2.24) is 9.62 Å². The highest BCUT2D eigenvalue weighted by atomic mass is 35.5. The Labute approximate surface area is 154 Å². The molecule has 10 heteroatoms. The van der Waals surface area contributed by atoms with Gasteiger partial charge in [-0.2, -0.15) is 0 Å². The van der Waals surface area contributed by atoms with Gasteiger partial charge < -0.3 is 0 Å². The van der Waals surface area contributed by atoms with Crippen LogP contribution in [-0.2, 0) is 23.0 Å². The van der Waals surface area contributed by atoms with Gasteiger partial charge in [-0.05, 0) is 35.6 Å². The first-order valence-corrected chi connectivity index (χ1v) is 10.3. The number of hydrogen-bond donors (Lipinski definition) is 1. The van der Waals surface area contributed by atoms with Crippen LogP contribution in [0.2, 0.25) is 5.02 Å². The molecule has 0 amide bonds. The second-order valence-corrected chi connectivity index (χ2v) is 8.83. The number of halogens is 1. The van der Waals surface area contributed by atoms with Gasteiger partial charge in [0.05, 0.1) is 4.92 Å². The van der Waals surface area contributed by atoms with E-state index in [2.05, 4.69) is 21.1 Å². The fraction of sp³-hybridized carbons (Fsp3) is 0.333. The number of fused-ring (bicyclic) bond motifs is 1. The average molecular weight is 402 g/mol. The Bertz CT molecular complexity index is 898. The minimum absolute atomic E-state index is 0.116. The van der Waals surface area contributed by atoms with Crippen LogP contribution >= 0.6 is 22.9 Å². The fourth-order valence-corrected chi connectivity index (χ4v) is 5.00. The van der Waals surface area contributed by atoms with E-state index in [1.807, 2.05) is 0 Å². The molecule has 0 spiro atoms. The summed E-state index contributed by atoms with van der Waals surface area (Å²) >= 11 is 7.47. The number of sulfonamides is 1. The summed E-state index contributed by atoms with van der Waals surface area (Å²) in [6, 6.07) is 5.61. The number of nitrogens with one attached hydrogen (secondary N) is 1. The summed E-state index contributed by atoms with van der Waals surface area (Å²) in [7, 11) is -3.98. The molecule has 1 N–H and O–H groups in total. The molecule has 1 aliphatic rings. The zero-order valence-corrected chi connectivity index (χ0v) is 15.5. The number of benzene rings is 1. The molecule has 0 radical (unpaired) electrons. The van der Waals surface area contributed by atoms with Crippen molar-refractivity contribution >= 4 is 38.6 Å². The Morgan fingerprint density at radius 3 is 2.92 bits per heavy atom. The maximum Gasteiger partial charge on any atom is 0.290 e. The van der Waals surface area contributed by atoms with Gasteiger partial charge in [0.25, 0.3) is 5.69 Å². The lowest BCUT2D eigenvalue weighted by Gasteiger charge is -2.26. The van der Waals surface area contributed by atoms with E-state index in [4.69, 9.17) is 11.6 Å². The van der Waals surface area contributed by atoms with Gasteiger partial charge in [0.15, 0.2) is 4.90 Å². The Kier molecular flexibility index (Phi) is 5.40. The Morgan fingerprint density at radius 1 is 1.36 bits per heavy atom. The molecule has 1 aromatic carbocycles. The van der Waals surface area contributed by atoms with Crippen molar-refractivity contribution in [3.63, 3.8) is 0 Å². The highest BCUT2D eigenvalue weighted by Crippen LogP contribution is 2.27. The summed E-state index contributed by atoms with van der Waals surface area (Å²) in [5.41, 5.74) is 0.758. The second-order valence-electron chi connectivity index (χ2n) is 5.66. The molecule has 134 valence electrons. The van der Waals surface area contributed by atoms with Crippen molar-refractivity contribution in [2.75, 3.05) is 19.6 Å². The molecule has 0 atom stereocenters. The molecular formula is C15H16ClN3O4S2. The summed E-state index contributed by atoms with van der Waals surface area (Å²) in [6.07, 6.45) is 0.961. The SMILES string of the molecule is O=[N+]([O-])c1cc(Cl)ccc1S(=O)(=O)NCCN1CCc2sccc2C1. The van der Waals surface area contributed by atoms with Crippen molar-refractivity contribution in [2.24, 2.45) is 0 Å². The van der Waals surface area contributed by atoms with Crippen molar-refractivity contribution in [3.05, 3.63) is 55.2 Å². The van der Waals surface area contributed by atoms with Crippen molar-refractivity contribution in [1.29, 1.82) is 0 Å². The zero-order chi connectivity index (χ0) is 18.0. The molecule has 2 heterocycles. The summed E-state index contributed by atoms with van der Waals surface area (Å²) < 4.78 is 27.2. The van der Waals surface area contributed by atoms with E-state index in [-0.39, 0.29) is 16.5 Å². The van der Waals surface area contributed by atoms with E-state index in [0.29, 0.717) is 6.54 Å². The molecular weight excluding hydrogens is 386 g/mol. The number of nitro benzene ring substituents is 1. The smallest absolute Gasteiger partial charge is 0.290 e. The lowest BCUT2D eigenvalue weighted by atomic mass is 10.1. The van der Waals surface area contributed by atoms with Crippen LogP contribution in [0.1, 0.15) is 10.4 Å². The maximum atomic E-state index is 12.4. The number of nitrogens with zero attached hydrogens (tertiary/aromatic N) is 2. The third-order valence-corrected chi connectivity index (χ3v) is 6.78. The summed E-state index contributed by atoms with van der Waals surface area (Å²) in [5, 5.41) is 13.3. The molecule has 0 bridgehead atoms. The lowest BCUT2D eigenvalue weighted by molar-refractivity contribution is -0.387.